The third-order valence-corrected chi connectivity index (χ3v) is 3.75. The first-order valence-corrected chi connectivity index (χ1v) is 6.72. The van der Waals surface area contributed by atoms with Crippen LogP contribution in [0.2, 0.25) is 0 Å². The van der Waals surface area contributed by atoms with E-state index >= 15 is 0 Å². The largest absolute Gasteiger partial charge is 0.376 e. The Hall–Kier alpha value is -0.260. The van der Waals surface area contributed by atoms with Crippen molar-refractivity contribution in [2.24, 2.45) is 0 Å². The number of thioether (sulfide) groups is 1. The van der Waals surface area contributed by atoms with Gasteiger partial charge >= 0.3 is 0 Å². The van der Waals surface area contributed by atoms with Crippen molar-refractivity contribution in [3.8, 4) is 0 Å². The van der Waals surface area contributed by atoms with Gasteiger partial charge in [-0.3, -0.25) is 10.1 Å². The van der Waals surface area contributed by atoms with Crippen molar-refractivity contribution in [1.29, 1.82) is 0 Å². The van der Waals surface area contributed by atoms with Gasteiger partial charge in [-0.25, -0.2) is 0 Å². The summed E-state index contributed by atoms with van der Waals surface area (Å²) < 4.78 is 5.55. The van der Waals surface area contributed by atoms with Crippen molar-refractivity contribution in [2.45, 2.75) is 31.4 Å². The monoisotopic (exact) mass is 230 g/mol. The summed E-state index contributed by atoms with van der Waals surface area (Å²) in [5, 5.41) is 6.11. The van der Waals surface area contributed by atoms with E-state index in [4.69, 9.17) is 4.74 Å². The Kier molecular flexibility index (Phi) is 4.29. The Bertz CT molecular complexity index is 213. The first-order valence-electron chi connectivity index (χ1n) is 5.57. The van der Waals surface area contributed by atoms with Gasteiger partial charge in [0.05, 0.1) is 12.1 Å². The normalized spacial score (nSPS) is 31.5. The zero-order chi connectivity index (χ0) is 10.5. The molecule has 86 valence electrons. The summed E-state index contributed by atoms with van der Waals surface area (Å²) in [6.45, 7) is 1.51. The Morgan fingerprint density at radius 2 is 2.47 bits per heavy atom. The van der Waals surface area contributed by atoms with Crippen LogP contribution in [0.5, 0.6) is 0 Å². The molecule has 2 aliphatic heterocycles. The summed E-state index contributed by atoms with van der Waals surface area (Å²) in [6, 6.07) is -0.00131. The Balaban J connectivity index is 1.65. The standard InChI is InChI=1S/C10H18N2O2S/c13-10(9-6-15-7-12-9)11-5-8-3-1-2-4-14-8/h8-9,12H,1-7H2,(H,11,13)/t8-,9+/m1/s1. The molecule has 2 fully saturated rings. The van der Waals surface area contributed by atoms with Crippen LogP contribution in [-0.4, -0.2) is 42.8 Å². The van der Waals surface area contributed by atoms with E-state index in [1.165, 1.54) is 6.42 Å². The molecule has 0 aromatic rings. The van der Waals surface area contributed by atoms with Crippen molar-refractivity contribution in [3.63, 3.8) is 0 Å². The van der Waals surface area contributed by atoms with Crippen molar-refractivity contribution in [3.05, 3.63) is 0 Å². The highest BCUT2D eigenvalue weighted by molar-refractivity contribution is 7.99. The lowest BCUT2D eigenvalue weighted by atomic mass is 10.1. The highest BCUT2D eigenvalue weighted by Gasteiger charge is 2.23. The number of hydrogen-bond donors (Lipinski definition) is 2. The van der Waals surface area contributed by atoms with Crippen LogP contribution in [0.15, 0.2) is 0 Å². The first kappa shape index (κ1) is 11.2. The van der Waals surface area contributed by atoms with E-state index in [0.29, 0.717) is 6.54 Å². The van der Waals surface area contributed by atoms with Crippen LogP contribution in [0.4, 0.5) is 0 Å². The van der Waals surface area contributed by atoms with Crippen molar-refractivity contribution >= 4 is 17.7 Å². The maximum atomic E-state index is 11.6. The summed E-state index contributed by atoms with van der Waals surface area (Å²) in [5.74, 6) is 1.89. The second-order valence-corrected chi connectivity index (χ2v) is 5.04. The van der Waals surface area contributed by atoms with Gasteiger partial charge in [0, 0.05) is 24.8 Å². The van der Waals surface area contributed by atoms with E-state index in [2.05, 4.69) is 10.6 Å². The fourth-order valence-electron chi connectivity index (χ4n) is 1.87. The smallest absolute Gasteiger partial charge is 0.238 e. The molecule has 2 rings (SSSR count). The molecule has 1 amide bonds. The van der Waals surface area contributed by atoms with Crippen molar-refractivity contribution in [1.82, 2.24) is 10.6 Å². The Morgan fingerprint density at radius 1 is 1.53 bits per heavy atom. The van der Waals surface area contributed by atoms with E-state index < -0.39 is 0 Å². The molecule has 2 heterocycles. The second kappa shape index (κ2) is 5.72. The Morgan fingerprint density at radius 3 is 3.13 bits per heavy atom. The van der Waals surface area contributed by atoms with E-state index in [0.717, 1.165) is 31.1 Å². The predicted molar refractivity (Wildman–Crippen MR) is 60.8 cm³/mol. The fraction of sp³-hybridized carbons (Fsp3) is 0.900. The average Bonchev–Trinajstić information content (AvgIpc) is 2.81. The van der Waals surface area contributed by atoms with E-state index in [9.17, 15) is 4.79 Å². The number of carbonyl (C=O) groups is 1. The van der Waals surface area contributed by atoms with E-state index in [-0.39, 0.29) is 18.1 Å². The lowest BCUT2D eigenvalue weighted by molar-refractivity contribution is -0.123. The number of ether oxygens (including phenoxy) is 1. The molecular weight excluding hydrogens is 212 g/mol. The molecule has 0 aliphatic carbocycles. The minimum absolute atomic E-state index is 0.00131. The van der Waals surface area contributed by atoms with Gasteiger partial charge in [-0.15, -0.1) is 11.8 Å². The minimum Gasteiger partial charge on any atom is -0.376 e. The molecule has 2 atom stereocenters. The van der Waals surface area contributed by atoms with Gasteiger partial charge in [-0.1, -0.05) is 0 Å². The zero-order valence-corrected chi connectivity index (χ0v) is 9.65. The topological polar surface area (TPSA) is 50.4 Å². The lowest BCUT2D eigenvalue weighted by Gasteiger charge is -2.23. The third-order valence-electron chi connectivity index (χ3n) is 2.81. The van der Waals surface area contributed by atoms with Crippen LogP contribution in [0, 0.1) is 0 Å². The summed E-state index contributed by atoms with van der Waals surface area (Å²) in [7, 11) is 0. The molecule has 0 bridgehead atoms. The van der Waals surface area contributed by atoms with Gasteiger partial charge < -0.3 is 10.1 Å². The molecule has 0 aromatic heterocycles. The van der Waals surface area contributed by atoms with Gasteiger partial charge in [0.2, 0.25) is 5.91 Å². The molecule has 15 heavy (non-hydrogen) atoms. The quantitative estimate of drug-likeness (QED) is 0.734. The SMILES string of the molecule is O=C(NC[C@H]1CCCCO1)[C@@H]1CSCN1. The molecule has 0 saturated carbocycles. The Labute approximate surface area is 94.5 Å². The molecule has 5 heteroatoms. The average molecular weight is 230 g/mol. The molecule has 0 spiro atoms. The number of hydrogen-bond acceptors (Lipinski definition) is 4. The van der Waals surface area contributed by atoms with E-state index in [1.807, 2.05) is 0 Å². The van der Waals surface area contributed by atoms with E-state index in [1.54, 1.807) is 11.8 Å². The third kappa shape index (κ3) is 3.36. The maximum Gasteiger partial charge on any atom is 0.238 e. The lowest BCUT2D eigenvalue weighted by Crippen LogP contribution is -2.45. The highest BCUT2D eigenvalue weighted by atomic mass is 32.2. The number of rotatable bonds is 3. The number of amides is 1. The molecule has 2 N–H and O–H groups in total. The minimum atomic E-state index is -0.00131. The molecule has 0 aromatic carbocycles. The van der Waals surface area contributed by atoms with Crippen molar-refractivity contribution in [2.75, 3.05) is 24.8 Å². The van der Waals surface area contributed by atoms with Gasteiger partial charge in [-0.05, 0) is 19.3 Å². The number of carbonyl (C=O) groups excluding carboxylic acids is 1. The van der Waals surface area contributed by atoms with Gasteiger partial charge in [0.15, 0.2) is 0 Å². The summed E-state index contributed by atoms with van der Waals surface area (Å²) in [4.78, 5) is 11.6. The summed E-state index contributed by atoms with van der Waals surface area (Å²) in [6.07, 6.45) is 3.69. The maximum absolute atomic E-state index is 11.6. The molecule has 2 saturated heterocycles. The molecule has 4 nitrogen and oxygen atoms in total. The zero-order valence-electron chi connectivity index (χ0n) is 8.83. The van der Waals surface area contributed by atoms with Gasteiger partial charge in [-0.2, -0.15) is 0 Å². The summed E-state index contributed by atoms with van der Waals surface area (Å²) in [5.41, 5.74) is 0. The van der Waals surface area contributed by atoms with Crippen LogP contribution in [-0.2, 0) is 9.53 Å². The van der Waals surface area contributed by atoms with Gasteiger partial charge in [0.1, 0.15) is 0 Å². The van der Waals surface area contributed by atoms with Crippen molar-refractivity contribution < 1.29 is 9.53 Å². The van der Waals surface area contributed by atoms with Gasteiger partial charge in [0.25, 0.3) is 0 Å². The molecule has 0 radical (unpaired) electrons. The van der Waals surface area contributed by atoms with Crippen LogP contribution in [0.25, 0.3) is 0 Å². The van der Waals surface area contributed by atoms with Crippen LogP contribution < -0.4 is 10.6 Å². The first-order chi connectivity index (χ1) is 7.36. The van der Waals surface area contributed by atoms with Crippen LogP contribution in [0.1, 0.15) is 19.3 Å². The predicted octanol–water partition coefficient (Wildman–Crippen LogP) is 0.334. The molecular formula is C10H18N2O2S. The highest BCUT2D eigenvalue weighted by Crippen LogP contribution is 2.12. The fourth-order valence-corrected chi connectivity index (χ4v) is 2.81. The second-order valence-electron chi connectivity index (χ2n) is 4.01. The van der Waals surface area contributed by atoms with Crippen LogP contribution >= 0.6 is 11.8 Å². The molecule has 0 unspecified atom stereocenters. The molecule has 2 aliphatic rings. The van der Waals surface area contributed by atoms with Crippen LogP contribution in [0.3, 0.4) is 0 Å². The summed E-state index contributed by atoms with van der Waals surface area (Å²) >= 11 is 1.77. The number of nitrogens with one attached hydrogen (secondary N) is 2.